The zero-order valence-corrected chi connectivity index (χ0v) is 11.2. The number of aromatic nitrogens is 3. The van der Waals surface area contributed by atoms with E-state index in [2.05, 4.69) is 15.4 Å². The second kappa shape index (κ2) is 5.96. The number of carbonyl (C=O) groups excluding carboxylic acids is 2. The first kappa shape index (κ1) is 13.7. The van der Waals surface area contributed by atoms with Crippen LogP contribution < -0.4 is 5.32 Å². The second-order valence-corrected chi connectivity index (χ2v) is 3.85. The average molecular weight is 274 g/mol. The van der Waals surface area contributed by atoms with Crippen molar-refractivity contribution in [1.29, 1.82) is 0 Å². The lowest BCUT2D eigenvalue weighted by molar-refractivity contribution is 0.0525. The Hall–Kier alpha value is -2.70. The van der Waals surface area contributed by atoms with Crippen LogP contribution in [-0.2, 0) is 4.74 Å². The molecular weight excluding hydrogens is 260 g/mol. The molecule has 0 radical (unpaired) electrons. The van der Waals surface area contributed by atoms with Crippen molar-refractivity contribution in [3.8, 4) is 5.82 Å². The van der Waals surface area contributed by atoms with Gasteiger partial charge in [0.25, 0.3) is 5.91 Å². The van der Waals surface area contributed by atoms with Crippen LogP contribution >= 0.6 is 0 Å². The summed E-state index contributed by atoms with van der Waals surface area (Å²) in [6.45, 7) is 2.05. The Bertz CT molecular complexity index is 619. The fraction of sp³-hybridized carbons (Fsp3) is 0.231. The number of rotatable bonds is 4. The molecule has 20 heavy (non-hydrogen) atoms. The van der Waals surface area contributed by atoms with Gasteiger partial charge in [0.15, 0.2) is 11.5 Å². The highest BCUT2D eigenvalue weighted by Gasteiger charge is 2.10. The molecule has 0 bridgehead atoms. The Balaban J connectivity index is 2.19. The van der Waals surface area contributed by atoms with Crippen LogP contribution in [0.15, 0.2) is 30.6 Å². The molecule has 2 aromatic heterocycles. The van der Waals surface area contributed by atoms with Crippen molar-refractivity contribution in [2.75, 3.05) is 13.7 Å². The highest BCUT2D eigenvalue weighted by Crippen LogP contribution is 2.07. The monoisotopic (exact) mass is 274 g/mol. The number of amides is 1. The molecule has 1 amide bonds. The SMILES string of the molecule is CCOC(=O)c1ccc(-n2ccc(C(=O)NC)n2)nc1. The van der Waals surface area contributed by atoms with E-state index in [1.165, 1.54) is 17.9 Å². The second-order valence-electron chi connectivity index (χ2n) is 3.85. The molecule has 2 rings (SSSR count). The van der Waals surface area contributed by atoms with Gasteiger partial charge in [0.1, 0.15) is 0 Å². The van der Waals surface area contributed by atoms with E-state index in [0.29, 0.717) is 23.7 Å². The van der Waals surface area contributed by atoms with Crippen LogP contribution in [0.25, 0.3) is 5.82 Å². The molecular formula is C13H14N4O3. The topological polar surface area (TPSA) is 86.1 Å². The maximum absolute atomic E-state index is 11.5. The molecule has 0 aliphatic carbocycles. The highest BCUT2D eigenvalue weighted by molar-refractivity contribution is 5.92. The van der Waals surface area contributed by atoms with Crippen LogP contribution in [0.2, 0.25) is 0 Å². The first-order chi connectivity index (χ1) is 9.65. The fourth-order valence-electron chi connectivity index (χ4n) is 1.56. The summed E-state index contributed by atoms with van der Waals surface area (Å²) in [5.41, 5.74) is 0.665. The molecule has 0 saturated heterocycles. The van der Waals surface area contributed by atoms with E-state index in [0.717, 1.165) is 0 Å². The molecule has 0 unspecified atom stereocenters. The van der Waals surface area contributed by atoms with Crippen LogP contribution in [0.1, 0.15) is 27.8 Å². The lowest BCUT2D eigenvalue weighted by Gasteiger charge is -2.03. The lowest BCUT2D eigenvalue weighted by Crippen LogP contribution is -2.18. The third-order valence-electron chi connectivity index (χ3n) is 2.54. The minimum absolute atomic E-state index is 0.271. The van der Waals surface area contributed by atoms with Gasteiger partial charge in [-0.3, -0.25) is 4.79 Å². The smallest absolute Gasteiger partial charge is 0.339 e. The molecule has 7 heteroatoms. The number of esters is 1. The molecule has 0 saturated carbocycles. The molecule has 1 N–H and O–H groups in total. The number of nitrogens with one attached hydrogen (secondary N) is 1. The lowest BCUT2D eigenvalue weighted by atomic mass is 10.3. The van der Waals surface area contributed by atoms with E-state index in [1.54, 1.807) is 31.3 Å². The largest absolute Gasteiger partial charge is 0.462 e. The van der Waals surface area contributed by atoms with Gasteiger partial charge in [-0.1, -0.05) is 0 Å². The van der Waals surface area contributed by atoms with E-state index in [4.69, 9.17) is 4.74 Å². The van der Waals surface area contributed by atoms with Gasteiger partial charge in [0.2, 0.25) is 0 Å². The Morgan fingerprint density at radius 3 is 2.75 bits per heavy atom. The predicted octanol–water partition coefficient (Wildman–Crippen LogP) is 0.804. The van der Waals surface area contributed by atoms with Gasteiger partial charge in [-0.05, 0) is 25.1 Å². The summed E-state index contributed by atoms with van der Waals surface area (Å²) in [6.07, 6.45) is 3.03. The molecule has 0 aliphatic rings. The Morgan fingerprint density at radius 1 is 1.35 bits per heavy atom. The quantitative estimate of drug-likeness (QED) is 0.833. The molecule has 0 atom stereocenters. The Labute approximate surface area is 115 Å². The third-order valence-corrected chi connectivity index (χ3v) is 2.54. The average Bonchev–Trinajstić information content (AvgIpc) is 2.96. The zero-order valence-electron chi connectivity index (χ0n) is 11.2. The van der Waals surface area contributed by atoms with E-state index in [-0.39, 0.29) is 5.91 Å². The summed E-state index contributed by atoms with van der Waals surface area (Å²) in [4.78, 5) is 27.0. The Kier molecular flexibility index (Phi) is 4.09. The molecule has 2 aromatic rings. The number of carbonyl (C=O) groups is 2. The molecule has 0 aromatic carbocycles. The van der Waals surface area contributed by atoms with Gasteiger partial charge in [0, 0.05) is 19.4 Å². The van der Waals surface area contributed by atoms with Crippen LogP contribution in [0, 0.1) is 0 Å². The number of nitrogens with zero attached hydrogens (tertiary/aromatic N) is 3. The number of hydrogen-bond acceptors (Lipinski definition) is 5. The molecule has 0 aliphatic heterocycles. The summed E-state index contributed by atoms with van der Waals surface area (Å²) in [7, 11) is 1.54. The minimum Gasteiger partial charge on any atom is -0.462 e. The highest BCUT2D eigenvalue weighted by atomic mass is 16.5. The van der Waals surface area contributed by atoms with E-state index in [9.17, 15) is 9.59 Å². The minimum atomic E-state index is -0.418. The molecule has 7 nitrogen and oxygen atoms in total. The van der Waals surface area contributed by atoms with Gasteiger partial charge in [-0.25, -0.2) is 14.5 Å². The first-order valence-electron chi connectivity index (χ1n) is 6.07. The van der Waals surface area contributed by atoms with Crippen LogP contribution in [0.4, 0.5) is 0 Å². The van der Waals surface area contributed by atoms with Crippen LogP contribution in [0.3, 0.4) is 0 Å². The number of pyridine rings is 1. The molecule has 0 fully saturated rings. The van der Waals surface area contributed by atoms with Crippen LogP contribution in [0.5, 0.6) is 0 Å². The standard InChI is InChI=1S/C13H14N4O3/c1-3-20-13(19)9-4-5-11(15-8-9)17-7-6-10(16-17)12(18)14-2/h4-8H,3H2,1-2H3,(H,14,18). The zero-order chi connectivity index (χ0) is 14.5. The molecule has 0 spiro atoms. The van der Waals surface area contributed by atoms with Gasteiger partial charge < -0.3 is 10.1 Å². The summed E-state index contributed by atoms with van der Waals surface area (Å²) < 4.78 is 6.33. The number of ether oxygens (including phenoxy) is 1. The van der Waals surface area contributed by atoms with Gasteiger partial charge in [-0.2, -0.15) is 5.10 Å². The van der Waals surface area contributed by atoms with E-state index >= 15 is 0 Å². The summed E-state index contributed by atoms with van der Waals surface area (Å²) >= 11 is 0. The third kappa shape index (κ3) is 2.82. The van der Waals surface area contributed by atoms with E-state index < -0.39 is 5.97 Å². The van der Waals surface area contributed by atoms with Gasteiger partial charge in [-0.15, -0.1) is 0 Å². The maximum atomic E-state index is 11.5. The van der Waals surface area contributed by atoms with Crippen molar-refractivity contribution in [1.82, 2.24) is 20.1 Å². The van der Waals surface area contributed by atoms with Gasteiger partial charge >= 0.3 is 5.97 Å². The van der Waals surface area contributed by atoms with Crippen LogP contribution in [-0.4, -0.2) is 40.3 Å². The maximum Gasteiger partial charge on any atom is 0.339 e. The van der Waals surface area contributed by atoms with Crippen molar-refractivity contribution < 1.29 is 14.3 Å². The first-order valence-corrected chi connectivity index (χ1v) is 6.07. The summed E-state index contributed by atoms with van der Waals surface area (Å²) in [5, 5.41) is 6.58. The Morgan fingerprint density at radius 2 is 2.15 bits per heavy atom. The number of hydrogen-bond donors (Lipinski definition) is 1. The normalized spacial score (nSPS) is 10.1. The fourth-order valence-corrected chi connectivity index (χ4v) is 1.56. The predicted molar refractivity (Wildman–Crippen MR) is 70.7 cm³/mol. The van der Waals surface area contributed by atoms with E-state index in [1.807, 2.05) is 0 Å². The molecule has 2 heterocycles. The summed E-state index contributed by atoms with van der Waals surface area (Å²) in [5.74, 6) is -0.182. The van der Waals surface area contributed by atoms with Crippen molar-refractivity contribution in [2.24, 2.45) is 0 Å². The van der Waals surface area contributed by atoms with Gasteiger partial charge in [0.05, 0.1) is 12.2 Å². The molecule has 104 valence electrons. The van der Waals surface area contributed by atoms with Crippen molar-refractivity contribution in [3.05, 3.63) is 41.9 Å². The van der Waals surface area contributed by atoms with Crippen molar-refractivity contribution in [2.45, 2.75) is 6.92 Å². The summed E-state index contributed by atoms with van der Waals surface area (Å²) in [6, 6.07) is 4.81. The van der Waals surface area contributed by atoms with Crippen molar-refractivity contribution >= 4 is 11.9 Å². The van der Waals surface area contributed by atoms with Crippen molar-refractivity contribution in [3.63, 3.8) is 0 Å².